The third kappa shape index (κ3) is 2.24. The lowest BCUT2D eigenvalue weighted by atomic mass is 10.1. The van der Waals surface area contributed by atoms with E-state index in [0.29, 0.717) is 23.5 Å². The lowest BCUT2D eigenvalue weighted by Crippen LogP contribution is -2.55. The second-order valence-electron chi connectivity index (χ2n) is 4.50. The van der Waals surface area contributed by atoms with Crippen molar-refractivity contribution in [2.75, 3.05) is 13.1 Å². The fourth-order valence-corrected chi connectivity index (χ4v) is 2.12. The predicted octanol–water partition coefficient (Wildman–Crippen LogP) is 0.805. The maximum absolute atomic E-state index is 12.1. The number of nitrogens with one attached hydrogen (secondary N) is 1. The first-order valence-corrected chi connectivity index (χ1v) is 5.55. The highest BCUT2D eigenvalue weighted by Gasteiger charge is 2.26. The number of hydrogen-bond donors (Lipinski definition) is 1. The minimum Gasteiger partial charge on any atom is -0.361 e. The van der Waals surface area contributed by atoms with Gasteiger partial charge in [-0.05, 0) is 20.8 Å². The van der Waals surface area contributed by atoms with Gasteiger partial charge in [0.05, 0.1) is 0 Å². The average Bonchev–Trinajstić information content (AvgIpc) is 2.62. The van der Waals surface area contributed by atoms with Crippen molar-refractivity contribution < 1.29 is 9.32 Å². The molecule has 0 spiro atoms. The molecule has 2 atom stereocenters. The summed E-state index contributed by atoms with van der Waals surface area (Å²) in [5.41, 5.74) is 0.402. The van der Waals surface area contributed by atoms with Gasteiger partial charge < -0.3 is 14.7 Å². The summed E-state index contributed by atoms with van der Waals surface area (Å²) in [6.07, 6.45) is 0. The van der Waals surface area contributed by atoms with Gasteiger partial charge in [-0.25, -0.2) is 0 Å². The molecule has 1 N–H and O–H groups in total. The van der Waals surface area contributed by atoms with Crippen LogP contribution in [0, 0.1) is 6.92 Å². The molecule has 0 bridgehead atoms. The summed E-state index contributed by atoms with van der Waals surface area (Å²) in [4.78, 5) is 13.9. The molecule has 5 nitrogen and oxygen atoms in total. The van der Waals surface area contributed by atoms with Crippen LogP contribution in [0.2, 0.25) is 0 Å². The Kier molecular flexibility index (Phi) is 2.96. The van der Waals surface area contributed by atoms with E-state index in [1.165, 1.54) is 0 Å². The van der Waals surface area contributed by atoms with E-state index in [9.17, 15) is 4.79 Å². The van der Waals surface area contributed by atoms with E-state index in [0.717, 1.165) is 13.1 Å². The lowest BCUT2D eigenvalue weighted by molar-refractivity contribution is 0.0663. The maximum Gasteiger partial charge on any atom is 0.276 e. The van der Waals surface area contributed by atoms with Crippen LogP contribution in [0.3, 0.4) is 0 Å². The fraction of sp³-hybridized carbons (Fsp3) is 0.636. The Balaban J connectivity index is 2.09. The molecule has 2 unspecified atom stereocenters. The first-order chi connectivity index (χ1) is 7.56. The van der Waals surface area contributed by atoms with Crippen molar-refractivity contribution in [3.63, 3.8) is 0 Å². The van der Waals surface area contributed by atoms with Crippen LogP contribution in [0.1, 0.15) is 30.1 Å². The molecule has 1 aromatic rings. The van der Waals surface area contributed by atoms with Gasteiger partial charge in [0.15, 0.2) is 5.69 Å². The Morgan fingerprint density at radius 1 is 1.50 bits per heavy atom. The minimum atomic E-state index is -0.0444. The largest absolute Gasteiger partial charge is 0.361 e. The van der Waals surface area contributed by atoms with E-state index in [4.69, 9.17) is 4.52 Å². The normalized spacial score (nSPS) is 25.8. The van der Waals surface area contributed by atoms with Gasteiger partial charge in [-0.2, -0.15) is 0 Å². The molecule has 1 fully saturated rings. The van der Waals surface area contributed by atoms with Crippen molar-refractivity contribution in [2.24, 2.45) is 0 Å². The molecule has 1 saturated heterocycles. The van der Waals surface area contributed by atoms with Crippen molar-refractivity contribution in [1.82, 2.24) is 15.4 Å². The SMILES string of the molecule is Cc1cc(C(=O)N2CC(C)NC(C)C2)no1. The number of aromatic nitrogens is 1. The van der Waals surface area contributed by atoms with E-state index in [2.05, 4.69) is 24.3 Å². The Morgan fingerprint density at radius 3 is 2.62 bits per heavy atom. The third-order valence-corrected chi connectivity index (χ3v) is 2.69. The molecule has 1 aliphatic heterocycles. The molecule has 1 aromatic heterocycles. The van der Waals surface area contributed by atoms with Gasteiger partial charge in [-0.1, -0.05) is 5.16 Å². The van der Waals surface area contributed by atoms with Crippen molar-refractivity contribution in [3.8, 4) is 0 Å². The highest BCUT2D eigenvalue weighted by molar-refractivity contribution is 5.92. The van der Waals surface area contributed by atoms with Crippen LogP contribution >= 0.6 is 0 Å². The summed E-state index contributed by atoms with van der Waals surface area (Å²) in [5, 5.41) is 7.14. The van der Waals surface area contributed by atoms with E-state index in [-0.39, 0.29) is 5.91 Å². The molecule has 2 heterocycles. The van der Waals surface area contributed by atoms with Crippen molar-refractivity contribution in [3.05, 3.63) is 17.5 Å². The van der Waals surface area contributed by atoms with Gasteiger partial charge in [0.2, 0.25) is 0 Å². The van der Waals surface area contributed by atoms with E-state index in [1.54, 1.807) is 13.0 Å². The van der Waals surface area contributed by atoms with Gasteiger partial charge in [0, 0.05) is 31.2 Å². The maximum atomic E-state index is 12.1. The van der Waals surface area contributed by atoms with E-state index >= 15 is 0 Å². The van der Waals surface area contributed by atoms with E-state index in [1.807, 2.05) is 4.90 Å². The number of rotatable bonds is 1. The number of piperazine rings is 1. The van der Waals surface area contributed by atoms with Crippen LogP contribution in [0.25, 0.3) is 0 Å². The highest BCUT2D eigenvalue weighted by atomic mass is 16.5. The Labute approximate surface area is 94.8 Å². The molecule has 0 saturated carbocycles. The Hall–Kier alpha value is -1.36. The zero-order valence-corrected chi connectivity index (χ0v) is 9.86. The van der Waals surface area contributed by atoms with Crippen LogP contribution in [0.5, 0.6) is 0 Å². The Bertz CT molecular complexity index is 378. The number of hydrogen-bond acceptors (Lipinski definition) is 4. The average molecular weight is 223 g/mol. The molecule has 0 radical (unpaired) electrons. The van der Waals surface area contributed by atoms with Gasteiger partial charge >= 0.3 is 0 Å². The molecule has 0 aromatic carbocycles. The monoisotopic (exact) mass is 223 g/mol. The second-order valence-corrected chi connectivity index (χ2v) is 4.50. The van der Waals surface area contributed by atoms with E-state index < -0.39 is 0 Å². The van der Waals surface area contributed by atoms with Crippen molar-refractivity contribution in [1.29, 1.82) is 0 Å². The van der Waals surface area contributed by atoms with Crippen LogP contribution in [0.4, 0.5) is 0 Å². The molecule has 16 heavy (non-hydrogen) atoms. The quantitative estimate of drug-likeness (QED) is 0.765. The standard InChI is InChI=1S/C11H17N3O2/c1-7-5-14(6-8(2)12-7)11(15)10-4-9(3)16-13-10/h4,7-8,12H,5-6H2,1-3H3. The summed E-state index contributed by atoms with van der Waals surface area (Å²) in [7, 11) is 0. The van der Waals surface area contributed by atoms with Gasteiger partial charge in [-0.3, -0.25) is 4.79 Å². The molecule has 88 valence electrons. The number of aryl methyl sites for hydroxylation is 1. The molecule has 0 aliphatic carbocycles. The van der Waals surface area contributed by atoms with Crippen LogP contribution in [-0.4, -0.2) is 41.1 Å². The molecular weight excluding hydrogens is 206 g/mol. The lowest BCUT2D eigenvalue weighted by Gasteiger charge is -2.35. The van der Waals surface area contributed by atoms with Crippen LogP contribution in [-0.2, 0) is 0 Å². The van der Waals surface area contributed by atoms with Crippen molar-refractivity contribution in [2.45, 2.75) is 32.9 Å². The fourth-order valence-electron chi connectivity index (χ4n) is 2.12. The summed E-state index contributed by atoms with van der Waals surface area (Å²) in [5.74, 6) is 0.622. The molecular formula is C11H17N3O2. The number of carbonyl (C=O) groups is 1. The molecule has 1 aliphatic rings. The smallest absolute Gasteiger partial charge is 0.276 e. The first kappa shape index (κ1) is 11.1. The third-order valence-electron chi connectivity index (χ3n) is 2.69. The number of amides is 1. The zero-order chi connectivity index (χ0) is 11.7. The minimum absolute atomic E-state index is 0.0444. The zero-order valence-electron chi connectivity index (χ0n) is 9.86. The van der Waals surface area contributed by atoms with Gasteiger partial charge in [0.25, 0.3) is 5.91 Å². The molecule has 5 heteroatoms. The van der Waals surface area contributed by atoms with Crippen LogP contribution < -0.4 is 5.32 Å². The Morgan fingerprint density at radius 2 is 2.12 bits per heavy atom. The van der Waals surface area contributed by atoms with Crippen molar-refractivity contribution >= 4 is 5.91 Å². The molecule has 2 rings (SSSR count). The number of nitrogens with zero attached hydrogens (tertiary/aromatic N) is 2. The summed E-state index contributed by atoms with van der Waals surface area (Å²) in [6, 6.07) is 2.32. The highest BCUT2D eigenvalue weighted by Crippen LogP contribution is 2.10. The second kappa shape index (κ2) is 4.25. The predicted molar refractivity (Wildman–Crippen MR) is 59.2 cm³/mol. The summed E-state index contributed by atoms with van der Waals surface area (Å²) >= 11 is 0. The van der Waals surface area contributed by atoms with Crippen LogP contribution in [0.15, 0.2) is 10.6 Å². The summed E-state index contributed by atoms with van der Waals surface area (Å²) < 4.78 is 4.92. The first-order valence-electron chi connectivity index (χ1n) is 5.55. The molecule has 1 amide bonds. The van der Waals surface area contributed by atoms with Gasteiger partial charge in [0.1, 0.15) is 5.76 Å². The number of carbonyl (C=O) groups excluding carboxylic acids is 1. The summed E-state index contributed by atoms with van der Waals surface area (Å²) in [6.45, 7) is 7.37. The topological polar surface area (TPSA) is 58.4 Å². The van der Waals surface area contributed by atoms with Gasteiger partial charge in [-0.15, -0.1) is 0 Å².